The van der Waals surface area contributed by atoms with E-state index < -0.39 is 28.6 Å². The van der Waals surface area contributed by atoms with Crippen LogP contribution in [0.15, 0.2) is 71.6 Å². The molecule has 1 aliphatic carbocycles. The van der Waals surface area contributed by atoms with Gasteiger partial charge in [-0.2, -0.15) is 0 Å². The topological polar surface area (TPSA) is 98.7 Å². The van der Waals surface area contributed by atoms with Crippen molar-refractivity contribution in [3.8, 4) is 5.75 Å². The number of hydrogen-bond acceptors (Lipinski definition) is 4. The predicted molar refractivity (Wildman–Crippen MR) is 131 cm³/mol. The number of amides is 1. The molecule has 1 aliphatic rings. The maximum Gasteiger partial charge on any atom is 0.330 e. The highest BCUT2D eigenvalue weighted by atomic mass is 32.2. The molecule has 0 saturated carbocycles. The molecule has 0 fully saturated rings. The number of carbonyl (C=O) groups excluding carboxylic acids is 1. The summed E-state index contributed by atoms with van der Waals surface area (Å²) in [6, 6.07) is 20.3. The summed E-state index contributed by atoms with van der Waals surface area (Å²) in [5.41, 5.74) is 2.98. The van der Waals surface area contributed by atoms with Crippen molar-refractivity contribution in [1.29, 1.82) is 0 Å². The molecule has 1 amide bonds. The van der Waals surface area contributed by atoms with E-state index in [2.05, 4.69) is 11.4 Å². The Balaban J connectivity index is 1.52. The zero-order valence-electron chi connectivity index (χ0n) is 19.2. The molecule has 6 nitrogen and oxygen atoms in total. The number of carboxylic acids is 1. The molecule has 1 unspecified atom stereocenters. The fourth-order valence-electron chi connectivity index (χ4n) is 4.34. The van der Waals surface area contributed by atoms with Gasteiger partial charge in [0, 0.05) is 24.8 Å². The Morgan fingerprint density at radius 3 is 2.38 bits per heavy atom. The van der Waals surface area contributed by atoms with Crippen molar-refractivity contribution in [2.75, 3.05) is 12.9 Å². The molecule has 0 bridgehead atoms. The van der Waals surface area contributed by atoms with Crippen LogP contribution in [0.5, 0.6) is 5.75 Å². The zero-order chi connectivity index (χ0) is 24.3. The second-order valence-corrected chi connectivity index (χ2v) is 10.0. The van der Waals surface area contributed by atoms with Crippen molar-refractivity contribution in [2.24, 2.45) is 0 Å². The number of aliphatic carboxylic acids is 1. The monoisotopic (exact) mass is 477 g/mol. The van der Waals surface area contributed by atoms with Crippen molar-refractivity contribution >= 4 is 23.1 Å². The van der Waals surface area contributed by atoms with E-state index in [0.717, 1.165) is 22.3 Å². The van der Waals surface area contributed by atoms with Gasteiger partial charge in [0.25, 0.3) is 5.91 Å². The number of nitrogens with one attached hydrogen (secondary N) is 1. The summed E-state index contributed by atoms with van der Waals surface area (Å²) in [5, 5.41) is 12.7. The molecule has 0 radical (unpaired) electrons. The molecule has 0 saturated heterocycles. The molecule has 176 valence electrons. The van der Waals surface area contributed by atoms with Crippen LogP contribution >= 0.6 is 0 Å². The van der Waals surface area contributed by atoms with Gasteiger partial charge in [0.1, 0.15) is 11.8 Å². The van der Waals surface area contributed by atoms with Crippen LogP contribution in [-0.4, -0.2) is 39.9 Å². The molecule has 3 aromatic rings. The number of rotatable bonds is 8. The zero-order valence-corrected chi connectivity index (χ0v) is 20.0. The highest BCUT2D eigenvalue weighted by molar-refractivity contribution is 7.90. The van der Waals surface area contributed by atoms with Crippen LogP contribution in [0.4, 0.5) is 0 Å². The number of aryl methyl sites for hydroxylation is 1. The van der Waals surface area contributed by atoms with E-state index in [9.17, 15) is 19.2 Å². The Hall–Kier alpha value is -3.29. The van der Waals surface area contributed by atoms with E-state index in [-0.39, 0.29) is 18.4 Å². The summed E-state index contributed by atoms with van der Waals surface area (Å²) in [6.45, 7) is 2.38. The maximum atomic E-state index is 13.1. The average Bonchev–Trinajstić information content (AvgIpc) is 3.18. The standard InChI is InChI=1S/C27H27NO5S/c1-18-6-5-7-19(14-18)12-13-33-23-15-20(10-11-24(23)34(2)32)25(29)28-27(26(30)31)16-21-8-3-4-9-22(21)17-27/h3-11,14-15H,12-13,16-17H2,1-2H3,(H,28,29)(H,30,31). The Kier molecular flexibility index (Phi) is 6.95. The van der Waals surface area contributed by atoms with Gasteiger partial charge in [-0.15, -0.1) is 0 Å². The molecule has 0 aromatic heterocycles. The predicted octanol–water partition coefficient (Wildman–Crippen LogP) is 3.71. The average molecular weight is 478 g/mol. The van der Waals surface area contributed by atoms with E-state index >= 15 is 0 Å². The fourth-order valence-corrected chi connectivity index (χ4v) is 5.00. The smallest absolute Gasteiger partial charge is 0.330 e. The lowest BCUT2D eigenvalue weighted by Gasteiger charge is -2.25. The molecular weight excluding hydrogens is 450 g/mol. The van der Waals surface area contributed by atoms with Crippen LogP contribution in [-0.2, 0) is 35.2 Å². The first kappa shape index (κ1) is 23.9. The van der Waals surface area contributed by atoms with Crippen LogP contribution < -0.4 is 10.1 Å². The first-order valence-corrected chi connectivity index (χ1v) is 12.6. The molecule has 0 heterocycles. The Bertz CT molecular complexity index is 1200. The van der Waals surface area contributed by atoms with Crippen LogP contribution in [0, 0.1) is 6.92 Å². The highest BCUT2D eigenvalue weighted by Crippen LogP contribution is 2.31. The number of hydrogen-bond donors (Lipinski definition) is 2. The van der Waals surface area contributed by atoms with E-state index in [0.29, 0.717) is 23.7 Å². The lowest BCUT2D eigenvalue weighted by Crippen LogP contribution is -2.55. The van der Waals surface area contributed by atoms with Crippen molar-refractivity contribution in [3.63, 3.8) is 0 Å². The summed E-state index contributed by atoms with van der Waals surface area (Å²) < 4.78 is 18.2. The lowest BCUT2D eigenvalue weighted by molar-refractivity contribution is -0.144. The number of benzene rings is 3. The molecule has 0 aliphatic heterocycles. The maximum absolute atomic E-state index is 13.1. The van der Waals surface area contributed by atoms with Gasteiger partial charge in [-0.05, 0) is 53.0 Å². The molecule has 3 aromatic carbocycles. The minimum Gasteiger partial charge on any atom is -0.612 e. The Morgan fingerprint density at radius 2 is 1.76 bits per heavy atom. The minimum atomic E-state index is -1.40. The second-order valence-electron chi connectivity index (χ2n) is 8.67. The molecule has 34 heavy (non-hydrogen) atoms. The van der Waals surface area contributed by atoms with Gasteiger partial charge in [0.2, 0.25) is 0 Å². The normalized spacial score (nSPS) is 14.8. The third-order valence-corrected chi connectivity index (χ3v) is 7.07. The van der Waals surface area contributed by atoms with Gasteiger partial charge in [0.05, 0.1) is 6.61 Å². The van der Waals surface area contributed by atoms with Crippen molar-refractivity contribution in [2.45, 2.75) is 36.6 Å². The van der Waals surface area contributed by atoms with Gasteiger partial charge in [-0.3, -0.25) is 4.79 Å². The van der Waals surface area contributed by atoms with Gasteiger partial charge >= 0.3 is 5.97 Å². The Labute approximate surface area is 202 Å². The molecule has 0 spiro atoms. The Morgan fingerprint density at radius 1 is 1.06 bits per heavy atom. The second kappa shape index (κ2) is 9.91. The quantitative estimate of drug-likeness (QED) is 0.482. The number of ether oxygens (including phenoxy) is 1. The number of fused-ring (bicyclic) bond motifs is 1. The highest BCUT2D eigenvalue weighted by Gasteiger charge is 2.45. The third kappa shape index (κ3) is 5.11. The largest absolute Gasteiger partial charge is 0.612 e. The van der Waals surface area contributed by atoms with Gasteiger partial charge < -0.3 is 19.7 Å². The SMILES string of the molecule is Cc1cccc(CCOc2cc(C(=O)NC3(C(=O)O)Cc4ccccc4C3)ccc2[S+](C)[O-])c1. The van der Waals surface area contributed by atoms with E-state index in [1.165, 1.54) is 0 Å². The number of carbonyl (C=O) groups is 2. The molecule has 1 atom stereocenters. The van der Waals surface area contributed by atoms with Crippen molar-refractivity contribution in [3.05, 3.63) is 94.5 Å². The summed E-state index contributed by atoms with van der Waals surface area (Å²) in [7, 11) is 0. The van der Waals surface area contributed by atoms with E-state index in [1.54, 1.807) is 24.5 Å². The van der Waals surface area contributed by atoms with Crippen LogP contribution in [0.25, 0.3) is 0 Å². The third-order valence-electron chi connectivity index (χ3n) is 6.11. The van der Waals surface area contributed by atoms with Gasteiger partial charge in [-0.1, -0.05) is 54.1 Å². The first-order valence-electron chi connectivity index (χ1n) is 11.1. The van der Waals surface area contributed by atoms with Crippen molar-refractivity contribution in [1.82, 2.24) is 5.32 Å². The van der Waals surface area contributed by atoms with E-state index in [1.807, 2.05) is 49.4 Å². The van der Waals surface area contributed by atoms with Crippen LogP contribution in [0.1, 0.15) is 32.6 Å². The van der Waals surface area contributed by atoms with Crippen LogP contribution in [0.3, 0.4) is 0 Å². The molecular formula is C27H27NO5S. The summed E-state index contributed by atoms with van der Waals surface area (Å²) in [4.78, 5) is 25.8. The van der Waals surface area contributed by atoms with Gasteiger partial charge in [-0.25, -0.2) is 4.79 Å². The fraction of sp³-hybridized carbons (Fsp3) is 0.259. The van der Waals surface area contributed by atoms with E-state index in [4.69, 9.17) is 4.74 Å². The lowest BCUT2D eigenvalue weighted by atomic mass is 9.95. The van der Waals surface area contributed by atoms with Gasteiger partial charge in [0.15, 0.2) is 10.6 Å². The summed E-state index contributed by atoms with van der Waals surface area (Å²) in [6.07, 6.45) is 2.66. The molecule has 7 heteroatoms. The minimum absolute atomic E-state index is 0.223. The first-order chi connectivity index (χ1) is 16.3. The molecule has 2 N–H and O–H groups in total. The van der Waals surface area contributed by atoms with Crippen molar-refractivity contribution < 1.29 is 24.0 Å². The molecule has 4 rings (SSSR count). The van der Waals surface area contributed by atoms with Crippen LogP contribution in [0.2, 0.25) is 0 Å². The number of carboxylic acid groups (broad SMARTS) is 1. The summed E-state index contributed by atoms with van der Waals surface area (Å²) >= 11 is -1.31. The summed E-state index contributed by atoms with van der Waals surface area (Å²) in [5.74, 6) is -1.22.